The zero-order chi connectivity index (χ0) is 19.3. The lowest BCUT2D eigenvalue weighted by atomic mass is 10.1. The molecule has 1 aromatic carbocycles. The van der Waals surface area contributed by atoms with Crippen molar-refractivity contribution in [2.75, 3.05) is 0 Å². The van der Waals surface area contributed by atoms with E-state index in [1.54, 1.807) is 23.8 Å². The molecule has 2 aliphatic rings. The molecule has 0 spiro atoms. The number of aliphatic imine (C=N–C) groups is 1. The van der Waals surface area contributed by atoms with Crippen molar-refractivity contribution in [3.63, 3.8) is 0 Å². The number of thioether (sulfide) groups is 1. The van der Waals surface area contributed by atoms with Crippen LogP contribution in [0.4, 0.5) is 0 Å². The molecule has 3 heterocycles. The normalized spacial score (nSPS) is 17.7. The van der Waals surface area contributed by atoms with Crippen LogP contribution in [0.3, 0.4) is 0 Å². The van der Waals surface area contributed by atoms with Crippen molar-refractivity contribution in [2.45, 2.75) is 13.8 Å². The van der Waals surface area contributed by atoms with Crippen molar-refractivity contribution < 1.29 is 4.79 Å². The number of nitrogens with one attached hydrogen (secondary N) is 1. The Hall–Kier alpha value is -2.35. The number of aromatic nitrogens is 1. The fraction of sp³-hybridized carbons (Fsp3) is 0.111. The number of carbonyl (C=O) groups is 1. The third-order valence-corrected chi connectivity index (χ3v) is 5.53. The molecule has 0 bridgehead atoms. The quantitative estimate of drug-likeness (QED) is 0.722. The number of rotatable bonds is 2. The van der Waals surface area contributed by atoms with Crippen molar-refractivity contribution in [1.29, 1.82) is 5.41 Å². The summed E-state index contributed by atoms with van der Waals surface area (Å²) in [6.45, 7) is 3.88. The average molecular weight is 418 g/mol. The van der Waals surface area contributed by atoms with Crippen LogP contribution < -0.4 is 0 Å². The summed E-state index contributed by atoms with van der Waals surface area (Å²) in [5, 5.41) is 15.2. The van der Waals surface area contributed by atoms with Crippen molar-refractivity contribution in [2.24, 2.45) is 10.1 Å². The Bertz CT molecular complexity index is 1100. The molecule has 1 N–H and O–H groups in total. The summed E-state index contributed by atoms with van der Waals surface area (Å²) in [4.78, 5) is 16.4. The van der Waals surface area contributed by atoms with Gasteiger partial charge in [0.2, 0.25) is 0 Å². The van der Waals surface area contributed by atoms with Crippen LogP contribution in [0.5, 0.6) is 0 Å². The molecule has 6 nitrogen and oxygen atoms in total. The van der Waals surface area contributed by atoms with E-state index in [1.165, 1.54) is 16.8 Å². The van der Waals surface area contributed by atoms with Crippen LogP contribution in [0.2, 0.25) is 10.0 Å². The van der Waals surface area contributed by atoms with E-state index in [1.807, 2.05) is 30.5 Å². The lowest BCUT2D eigenvalue weighted by Crippen LogP contribution is -2.35. The van der Waals surface area contributed by atoms with E-state index in [0.717, 1.165) is 22.6 Å². The van der Waals surface area contributed by atoms with Gasteiger partial charge in [0.15, 0.2) is 11.0 Å². The Morgan fingerprint density at radius 1 is 1.22 bits per heavy atom. The highest BCUT2D eigenvalue weighted by Crippen LogP contribution is 2.31. The predicted octanol–water partition coefficient (Wildman–Crippen LogP) is 4.65. The van der Waals surface area contributed by atoms with Gasteiger partial charge in [-0.25, -0.2) is 0 Å². The highest BCUT2D eigenvalue weighted by molar-refractivity contribution is 8.25. The molecule has 0 aliphatic carbocycles. The molecule has 2 aromatic rings. The number of amidine groups is 2. The van der Waals surface area contributed by atoms with E-state index >= 15 is 0 Å². The molecule has 2 aliphatic heterocycles. The van der Waals surface area contributed by atoms with Crippen LogP contribution in [0.15, 0.2) is 39.9 Å². The number of carbonyl (C=O) groups excluding carboxylic acids is 1. The van der Waals surface area contributed by atoms with E-state index in [2.05, 4.69) is 10.1 Å². The molecule has 0 fully saturated rings. The van der Waals surface area contributed by atoms with E-state index in [0.29, 0.717) is 15.2 Å². The van der Waals surface area contributed by atoms with E-state index in [-0.39, 0.29) is 11.4 Å². The molecule has 27 heavy (non-hydrogen) atoms. The third kappa shape index (κ3) is 3.01. The predicted molar refractivity (Wildman–Crippen MR) is 111 cm³/mol. The molecule has 1 amide bonds. The second kappa shape index (κ2) is 6.67. The third-order valence-electron chi connectivity index (χ3n) is 4.32. The highest BCUT2D eigenvalue weighted by atomic mass is 35.5. The molecule has 0 radical (unpaired) electrons. The summed E-state index contributed by atoms with van der Waals surface area (Å²) in [5.41, 5.74) is 5.18. The van der Waals surface area contributed by atoms with Crippen LogP contribution in [-0.2, 0) is 4.79 Å². The maximum absolute atomic E-state index is 12.4. The van der Waals surface area contributed by atoms with Gasteiger partial charge in [-0.2, -0.15) is 15.1 Å². The van der Waals surface area contributed by atoms with Gasteiger partial charge in [-0.1, -0.05) is 23.2 Å². The first-order chi connectivity index (χ1) is 12.9. The van der Waals surface area contributed by atoms with Gasteiger partial charge in [-0.3, -0.25) is 10.2 Å². The number of halogens is 2. The summed E-state index contributed by atoms with van der Waals surface area (Å²) in [5.74, 6) is -0.431. The minimum Gasteiger partial charge on any atom is -0.316 e. The molecule has 0 atom stereocenters. The lowest BCUT2D eigenvalue weighted by molar-refractivity contribution is -0.114. The lowest BCUT2D eigenvalue weighted by Gasteiger charge is -2.20. The van der Waals surface area contributed by atoms with Gasteiger partial charge < -0.3 is 4.57 Å². The van der Waals surface area contributed by atoms with Crippen molar-refractivity contribution in [1.82, 2.24) is 9.58 Å². The highest BCUT2D eigenvalue weighted by Gasteiger charge is 2.32. The summed E-state index contributed by atoms with van der Waals surface area (Å²) in [6, 6.07) is 7.26. The largest absolute Gasteiger partial charge is 0.316 e. The Labute approximate surface area is 169 Å². The molecular formula is C18H13Cl2N5OS. The number of benzene rings is 1. The zero-order valence-corrected chi connectivity index (χ0v) is 16.7. The fourth-order valence-corrected chi connectivity index (χ4v) is 4.16. The minimum atomic E-state index is -0.446. The van der Waals surface area contributed by atoms with Gasteiger partial charge in [0, 0.05) is 16.4 Å². The molecular weight excluding hydrogens is 405 g/mol. The van der Waals surface area contributed by atoms with Crippen LogP contribution in [0.1, 0.15) is 17.0 Å². The maximum Gasteiger partial charge on any atom is 0.283 e. The monoisotopic (exact) mass is 417 g/mol. The molecule has 1 aromatic heterocycles. The molecule has 0 saturated heterocycles. The van der Waals surface area contributed by atoms with E-state index < -0.39 is 5.91 Å². The summed E-state index contributed by atoms with van der Waals surface area (Å²) < 4.78 is 1.99. The Balaban J connectivity index is 1.80. The summed E-state index contributed by atoms with van der Waals surface area (Å²) in [6.07, 6.45) is 1.67. The van der Waals surface area contributed by atoms with Gasteiger partial charge in [-0.05, 0) is 61.5 Å². The SMILES string of the molecule is Cc1cc(C=C2C(=N)N3N=CSC3=NC2=O)c(C)n1-c1ccc(Cl)cc1Cl. The minimum absolute atomic E-state index is 0.0144. The first-order valence-electron chi connectivity index (χ1n) is 7.94. The van der Waals surface area contributed by atoms with E-state index in [4.69, 9.17) is 28.6 Å². The van der Waals surface area contributed by atoms with Crippen molar-refractivity contribution >= 4 is 63.5 Å². The van der Waals surface area contributed by atoms with Gasteiger partial charge in [0.05, 0.1) is 21.8 Å². The smallest absolute Gasteiger partial charge is 0.283 e. The molecule has 0 unspecified atom stereocenters. The maximum atomic E-state index is 12.4. The van der Waals surface area contributed by atoms with Gasteiger partial charge in [0.1, 0.15) is 0 Å². The van der Waals surface area contributed by atoms with E-state index in [9.17, 15) is 4.79 Å². The van der Waals surface area contributed by atoms with Crippen LogP contribution in [0, 0.1) is 19.3 Å². The van der Waals surface area contributed by atoms with Crippen LogP contribution >= 0.6 is 35.0 Å². The Morgan fingerprint density at radius 3 is 2.74 bits per heavy atom. The van der Waals surface area contributed by atoms with Gasteiger partial charge in [-0.15, -0.1) is 0 Å². The molecule has 4 rings (SSSR count). The number of hydrogen-bond donors (Lipinski definition) is 1. The fourth-order valence-electron chi connectivity index (χ4n) is 3.06. The Kier molecular flexibility index (Phi) is 4.46. The second-order valence-corrected chi connectivity index (χ2v) is 7.67. The second-order valence-electron chi connectivity index (χ2n) is 6.01. The molecule has 0 saturated carbocycles. The summed E-state index contributed by atoms with van der Waals surface area (Å²) >= 11 is 13.6. The number of fused-ring (bicyclic) bond motifs is 1. The standard InChI is InChI=1S/C18H13Cl2N5OS/c1-9-5-11(10(2)24(9)15-4-3-12(19)7-14(15)20)6-13-16(21)25-18(23-17(13)26)27-8-22-25/h3-8,21H,1-2H3. The average Bonchev–Trinajstić information content (AvgIpc) is 3.17. The first-order valence-corrected chi connectivity index (χ1v) is 9.57. The zero-order valence-electron chi connectivity index (χ0n) is 14.3. The number of nitrogens with zero attached hydrogens (tertiary/aromatic N) is 4. The number of hydrazone groups is 1. The van der Waals surface area contributed by atoms with Crippen LogP contribution in [0.25, 0.3) is 11.8 Å². The van der Waals surface area contributed by atoms with Crippen molar-refractivity contribution in [3.05, 3.63) is 56.8 Å². The topological polar surface area (TPSA) is 73.8 Å². The number of amides is 1. The molecule has 9 heteroatoms. The summed E-state index contributed by atoms with van der Waals surface area (Å²) in [7, 11) is 0. The van der Waals surface area contributed by atoms with Crippen molar-refractivity contribution in [3.8, 4) is 5.69 Å². The van der Waals surface area contributed by atoms with Crippen LogP contribution in [-0.4, -0.2) is 32.0 Å². The van der Waals surface area contributed by atoms with Gasteiger partial charge in [0.25, 0.3) is 5.91 Å². The Morgan fingerprint density at radius 2 is 2.00 bits per heavy atom. The first kappa shape index (κ1) is 18.0. The number of hydrogen-bond acceptors (Lipinski definition) is 4. The number of aryl methyl sites for hydroxylation is 1. The van der Waals surface area contributed by atoms with Gasteiger partial charge >= 0.3 is 0 Å². The molecule has 136 valence electrons.